The van der Waals surface area contributed by atoms with E-state index in [4.69, 9.17) is 0 Å². The molecule has 118 valence electrons. The molecule has 21 heavy (non-hydrogen) atoms. The molecular weight excluding hydrogens is 324 g/mol. The summed E-state index contributed by atoms with van der Waals surface area (Å²) in [5.41, 5.74) is 2.73. The molecule has 0 aliphatic heterocycles. The van der Waals surface area contributed by atoms with Gasteiger partial charge in [-0.25, -0.2) is 0 Å². The Hall–Kier alpha value is -0.540. The lowest BCUT2D eigenvalue weighted by molar-refractivity contribution is 0.552. The second-order valence-corrected chi connectivity index (χ2v) is 7.43. The summed E-state index contributed by atoms with van der Waals surface area (Å²) < 4.78 is 1.23. The lowest BCUT2D eigenvalue weighted by Crippen LogP contribution is -2.26. The highest BCUT2D eigenvalue weighted by molar-refractivity contribution is 9.10. The molecule has 1 aromatic carbocycles. The van der Waals surface area contributed by atoms with Crippen LogP contribution in [0.25, 0.3) is 0 Å². The van der Waals surface area contributed by atoms with Crippen molar-refractivity contribution in [3.63, 3.8) is 0 Å². The van der Waals surface area contributed by atoms with Gasteiger partial charge in [-0.3, -0.25) is 0 Å². The molecular formula is C18H29BrN2. The molecule has 0 spiro atoms. The first-order valence-electron chi connectivity index (χ1n) is 8.37. The summed E-state index contributed by atoms with van der Waals surface area (Å²) >= 11 is 3.75. The topological polar surface area (TPSA) is 15.3 Å². The number of hydrogen-bond donors (Lipinski definition) is 1. The van der Waals surface area contributed by atoms with E-state index in [1.54, 1.807) is 0 Å². The van der Waals surface area contributed by atoms with Gasteiger partial charge in [-0.2, -0.15) is 0 Å². The quantitative estimate of drug-likeness (QED) is 0.675. The van der Waals surface area contributed by atoms with E-state index in [-0.39, 0.29) is 0 Å². The fraction of sp³-hybridized carbons (Fsp3) is 0.667. The standard InChI is InChI=1S/C18H29BrN2/c1-4-5-10-21(16-8-9-16)17-7-6-15(18(19)11-17)13-20-12-14(2)3/h6-7,11,14,16,20H,4-5,8-10,12-13H2,1-3H3. The van der Waals surface area contributed by atoms with Crippen molar-refractivity contribution < 1.29 is 0 Å². The predicted octanol–water partition coefficient (Wildman–Crippen LogP) is 4.96. The van der Waals surface area contributed by atoms with Gasteiger partial charge in [-0.1, -0.05) is 49.2 Å². The largest absolute Gasteiger partial charge is 0.369 e. The van der Waals surface area contributed by atoms with Crippen LogP contribution >= 0.6 is 15.9 Å². The SMILES string of the molecule is CCCCN(c1ccc(CNCC(C)C)c(Br)c1)C1CC1. The Morgan fingerprint density at radius 3 is 2.67 bits per heavy atom. The molecule has 1 aliphatic rings. The second-order valence-electron chi connectivity index (χ2n) is 6.58. The zero-order chi connectivity index (χ0) is 15.2. The molecule has 2 nitrogen and oxygen atoms in total. The van der Waals surface area contributed by atoms with E-state index < -0.39 is 0 Å². The first kappa shape index (κ1) is 16.8. The van der Waals surface area contributed by atoms with Crippen molar-refractivity contribution in [1.29, 1.82) is 0 Å². The van der Waals surface area contributed by atoms with Gasteiger partial charge in [-0.05, 0) is 49.4 Å². The van der Waals surface area contributed by atoms with E-state index in [9.17, 15) is 0 Å². The molecule has 0 heterocycles. The van der Waals surface area contributed by atoms with E-state index in [0.717, 1.165) is 19.1 Å². The third kappa shape index (κ3) is 5.30. The van der Waals surface area contributed by atoms with Crippen LogP contribution in [-0.2, 0) is 6.54 Å². The molecule has 0 aromatic heterocycles. The zero-order valence-electron chi connectivity index (χ0n) is 13.7. The number of hydrogen-bond acceptors (Lipinski definition) is 2. The maximum absolute atomic E-state index is 3.75. The highest BCUT2D eigenvalue weighted by atomic mass is 79.9. The van der Waals surface area contributed by atoms with Crippen LogP contribution in [0, 0.1) is 5.92 Å². The zero-order valence-corrected chi connectivity index (χ0v) is 15.2. The summed E-state index contributed by atoms with van der Waals surface area (Å²) in [7, 11) is 0. The molecule has 2 rings (SSSR count). The van der Waals surface area contributed by atoms with Gasteiger partial charge in [0.15, 0.2) is 0 Å². The van der Waals surface area contributed by atoms with Crippen LogP contribution in [0.4, 0.5) is 5.69 Å². The van der Waals surface area contributed by atoms with Gasteiger partial charge in [-0.15, -0.1) is 0 Å². The number of nitrogens with zero attached hydrogens (tertiary/aromatic N) is 1. The number of halogens is 1. The van der Waals surface area contributed by atoms with Crippen molar-refractivity contribution in [3.05, 3.63) is 28.2 Å². The maximum Gasteiger partial charge on any atom is 0.0380 e. The number of rotatable bonds is 9. The summed E-state index contributed by atoms with van der Waals surface area (Å²) in [5.74, 6) is 0.697. The molecule has 1 aliphatic carbocycles. The van der Waals surface area contributed by atoms with Gasteiger partial charge in [0.25, 0.3) is 0 Å². The lowest BCUT2D eigenvalue weighted by atomic mass is 10.1. The minimum Gasteiger partial charge on any atom is -0.369 e. The average Bonchev–Trinajstić information content (AvgIpc) is 3.26. The van der Waals surface area contributed by atoms with Crippen molar-refractivity contribution in [2.75, 3.05) is 18.0 Å². The molecule has 0 atom stereocenters. The van der Waals surface area contributed by atoms with Crippen LogP contribution < -0.4 is 10.2 Å². The summed E-state index contributed by atoms with van der Waals surface area (Å²) in [4.78, 5) is 2.60. The van der Waals surface area contributed by atoms with Crippen molar-refractivity contribution >= 4 is 21.6 Å². The molecule has 1 fully saturated rings. The molecule has 1 saturated carbocycles. The third-order valence-electron chi connectivity index (χ3n) is 3.98. The maximum atomic E-state index is 3.75. The Kier molecular flexibility index (Phi) is 6.56. The minimum atomic E-state index is 0.697. The summed E-state index contributed by atoms with van der Waals surface area (Å²) in [6.07, 6.45) is 5.27. The number of nitrogens with one attached hydrogen (secondary N) is 1. The Balaban J connectivity index is 1.99. The molecule has 0 radical (unpaired) electrons. The Labute approximate surface area is 138 Å². The molecule has 0 saturated heterocycles. The molecule has 3 heteroatoms. The van der Waals surface area contributed by atoms with E-state index in [1.807, 2.05) is 0 Å². The molecule has 1 N–H and O–H groups in total. The highest BCUT2D eigenvalue weighted by Crippen LogP contribution is 2.34. The van der Waals surface area contributed by atoms with Crippen LogP contribution in [0.2, 0.25) is 0 Å². The number of unbranched alkanes of at least 4 members (excludes halogenated alkanes) is 1. The van der Waals surface area contributed by atoms with Gasteiger partial charge in [0.1, 0.15) is 0 Å². The van der Waals surface area contributed by atoms with E-state index in [2.05, 4.69) is 65.1 Å². The van der Waals surface area contributed by atoms with Gasteiger partial charge in [0.05, 0.1) is 0 Å². The summed E-state index contributed by atoms with van der Waals surface area (Å²) in [5, 5.41) is 3.52. The van der Waals surface area contributed by atoms with E-state index in [0.29, 0.717) is 5.92 Å². The Morgan fingerprint density at radius 2 is 2.10 bits per heavy atom. The number of anilines is 1. The van der Waals surface area contributed by atoms with Crippen LogP contribution in [0.15, 0.2) is 22.7 Å². The Bertz CT molecular complexity index is 441. The lowest BCUT2D eigenvalue weighted by Gasteiger charge is -2.25. The van der Waals surface area contributed by atoms with E-state index >= 15 is 0 Å². The van der Waals surface area contributed by atoms with Gasteiger partial charge >= 0.3 is 0 Å². The second kappa shape index (κ2) is 8.19. The Morgan fingerprint density at radius 1 is 1.33 bits per heavy atom. The fourth-order valence-corrected chi connectivity index (χ4v) is 3.10. The van der Waals surface area contributed by atoms with Crippen molar-refractivity contribution in [3.8, 4) is 0 Å². The molecule has 0 amide bonds. The first-order chi connectivity index (χ1) is 10.1. The van der Waals surface area contributed by atoms with Crippen LogP contribution in [0.3, 0.4) is 0 Å². The van der Waals surface area contributed by atoms with E-state index in [1.165, 1.54) is 48.0 Å². The van der Waals surface area contributed by atoms with Crippen molar-refractivity contribution in [2.24, 2.45) is 5.92 Å². The summed E-state index contributed by atoms with van der Waals surface area (Å²) in [6, 6.07) is 7.66. The van der Waals surface area contributed by atoms with Gasteiger partial charge in [0, 0.05) is 29.3 Å². The molecule has 1 aromatic rings. The van der Waals surface area contributed by atoms with Crippen molar-refractivity contribution in [2.45, 2.75) is 59.0 Å². The average molecular weight is 353 g/mol. The third-order valence-corrected chi connectivity index (χ3v) is 4.71. The first-order valence-corrected chi connectivity index (χ1v) is 9.17. The molecule has 0 unspecified atom stereocenters. The van der Waals surface area contributed by atoms with Gasteiger partial charge in [0.2, 0.25) is 0 Å². The van der Waals surface area contributed by atoms with Crippen LogP contribution in [0.5, 0.6) is 0 Å². The molecule has 0 bridgehead atoms. The normalized spacial score (nSPS) is 14.7. The highest BCUT2D eigenvalue weighted by Gasteiger charge is 2.28. The monoisotopic (exact) mass is 352 g/mol. The van der Waals surface area contributed by atoms with Crippen LogP contribution in [0.1, 0.15) is 52.0 Å². The van der Waals surface area contributed by atoms with Crippen LogP contribution in [-0.4, -0.2) is 19.1 Å². The summed E-state index contributed by atoms with van der Waals surface area (Å²) in [6.45, 7) is 9.96. The van der Waals surface area contributed by atoms with Crippen molar-refractivity contribution in [1.82, 2.24) is 5.32 Å². The predicted molar refractivity (Wildman–Crippen MR) is 96.0 cm³/mol. The van der Waals surface area contributed by atoms with Gasteiger partial charge < -0.3 is 10.2 Å². The minimum absolute atomic E-state index is 0.697. The number of benzene rings is 1. The fourth-order valence-electron chi connectivity index (χ4n) is 2.59. The smallest absolute Gasteiger partial charge is 0.0380 e.